The van der Waals surface area contributed by atoms with Gasteiger partial charge >= 0.3 is 5.97 Å². The van der Waals surface area contributed by atoms with E-state index in [0.29, 0.717) is 0 Å². The topological polar surface area (TPSA) is 76.0 Å². The lowest BCUT2D eigenvalue weighted by Crippen LogP contribution is -2.07. The summed E-state index contributed by atoms with van der Waals surface area (Å²) in [6.45, 7) is 2.92. The summed E-state index contributed by atoms with van der Waals surface area (Å²) in [7, 11) is 0. The van der Waals surface area contributed by atoms with Crippen molar-refractivity contribution in [2.24, 2.45) is 5.18 Å². The van der Waals surface area contributed by atoms with E-state index >= 15 is 0 Å². The second kappa shape index (κ2) is 4.43. The van der Waals surface area contributed by atoms with Crippen LogP contribution in [0.15, 0.2) is 16.6 Å². The van der Waals surface area contributed by atoms with Crippen LogP contribution in [0.3, 0.4) is 0 Å². The minimum absolute atomic E-state index is 0.144. The summed E-state index contributed by atoms with van der Waals surface area (Å²) in [5, 5.41) is 11.0. The minimum Gasteiger partial charge on any atom is -0.510 e. The number of esters is 1. The Labute approximate surface area is 63.6 Å². The zero-order valence-electron chi connectivity index (χ0n) is 6.33. The number of hydrogen-bond donors (Lipinski definition) is 1. The summed E-state index contributed by atoms with van der Waals surface area (Å²) >= 11 is 0. The molecule has 0 unspecified atom stereocenters. The van der Waals surface area contributed by atoms with Crippen LogP contribution in [-0.2, 0) is 9.53 Å². The monoisotopic (exact) mass is 159 g/mol. The Morgan fingerprint density at radius 3 is 2.45 bits per heavy atom. The molecular formula is C6H9NO4. The molecule has 0 amide bonds. The fourth-order valence-electron chi connectivity index (χ4n) is 0.450. The van der Waals surface area contributed by atoms with Gasteiger partial charge in [-0.2, -0.15) is 0 Å². The summed E-state index contributed by atoms with van der Waals surface area (Å²) in [5.41, 5.74) is -0.577. The first-order chi connectivity index (χ1) is 5.13. The Bertz CT molecular complexity index is 193. The molecule has 0 aromatic carbocycles. The molecule has 5 nitrogen and oxygen atoms in total. The van der Waals surface area contributed by atoms with Crippen molar-refractivity contribution in [1.29, 1.82) is 0 Å². The number of hydrogen-bond acceptors (Lipinski definition) is 5. The number of carbonyl (C=O) groups excluding carboxylic acids is 1. The number of rotatable bonds is 3. The highest BCUT2D eigenvalue weighted by Crippen LogP contribution is 2.04. The van der Waals surface area contributed by atoms with Gasteiger partial charge in [-0.05, 0) is 19.0 Å². The molecule has 0 radical (unpaired) electrons. The molecule has 0 aliphatic rings. The maximum atomic E-state index is 10.7. The van der Waals surface area contributed by atoms with Crippen LogP contribution < -0.4 is 0 Å². The SMILES string of the molecule is CCOC(=O)/C(N=O)=C(/C)O. The quantitative estimate of drug-likeness (QED) is 0.289. The molecule has 0 heterocycles. The van der Waals surface area contributed by atoms with Crippen molar-refractivity contribution in [3.8, 4) is 0 Å². The summed E-state index contributed by atoms with van der Waals surface area (Å²) in [6.07, 6.45) is 0. The van der Waals surface area contributed by atoms with E-state index in [-0.39, 0.29) is 6.61 Å². The van der Waals surface area contributed by atoms with Gasteiger partial charge in [0, 0.05) is 0 Å². The van der Waals surface area contributed by atoms with Gasteiger partial charge in [0.05, 0.1) is 6.61 Å². The second-order valence-corrected chi connectivity index (χ2v) is 1.75. The molecule has 0 saturated heterocycles. The molecule has 0 aliphatic carbocycles. The average molecular weight is 159 g/mol. The Morgan fingerprint density at radius 1 is 1.64 bits per heavy atom. The highest BCUT2D eigenvalue weighted by atomic mass is 16.5. The van der Waals surface area contributed by atoms with Crippen LogP contribution >= 0.6 is 0 Å². The molecule has 5 heteroatoms. The standard InChI is InChI=1S/C6H9NO4/c1-3-11-6(9)5(7-10)4(2)8/h8H,3H2,1-2H3/b5-4+. The van der Waals surface area contributed by atoms with Gasteiger partial charge in [0.25, 0.3) is 0 Å². The molecule has 11 heavy (non-hydrogen) atoms. The molecule has 0 aromatic rings. The Balaban J connectivity index is 4.40. The first-order valence-electron chi connectivity index (χ1n) is 3.03. The highest BCUT2D eigenvalue weighted by molar-refractivity contribution is 5.88. The summed E-state index contributed by atoms with van der Waals surface area (Å²) < 4.78 is 4.41. The molecule has 0 aromatic heterocycles. The smallest absolute Gasteiger partial charge is 0.364 e. The fraction of sp³-hybridized carbons (Fsp3) is 0.500. The third kappa shape index (κ3) is 2.79. The molecule has 0 rings (SSSR count). The van der Waals surface area contributed by atoms with Crippen LogP contribution in [0.25, 0.3) is 0 Å². The predicted molar refractivity (Wildman–Crippen MR) is 37.8 cm³/mol. The molecule has 62 valence electrons. The van der Waals surface area contributed by atoms with Crippen molar-refractivity contribution in [2.75, 3.05) is 6.61 Å². The van der Waals surface area contributed by atoms with Crippen molar-refractivity contribution in [3.05, 3.63) is 16.4 Å². The number of nitrogens with zero attached hydrogens (tertiary/aromatic N) is 1. The van der Waals surface area contributed by atoms with Crippen LogP contribution in [0, 0.1) is 4.91 Å². The molecule has 0 bridgehead atoms. The van der Waals surface area contributed by atoms with Gasteiger partial charge in [-0.15, -0.1) is 4.91 Å². The second-order valence-electron chi connectivity index (χ2n) is 1.75. The third-order valence-electron chi connectivity index (χ3n) is 0.903. The van der Waals surface area contributed by atoms with E-state index in [2.05, 4.69) is 9.91 Å². The fourth-order valence-corrected chi connectivity index (χ4v) is 0.450. The zero-order chi connectivity index (χ0) is 8.85. The Morgan fingerprint density at radius 2 is 2.18 bits per heavy atom. The summed E-state index contributed by atoms with van der Waals surface area (Å²) in [5.74, 6) is -1.33. The van der Waals surface area contributed by atoms with Crippen LogP contribution in [0.2, 0.25) is 0 Å². The van der Waals surface area contributed by atoms with Crippen LogP contribution in [0.5, 0.6) is 0 Å². The van der Waals surface area contributed by atoms with Gasteiger partial charge in [-0.25, -0.2) is 4.79 Å². The zero-order valence-corrected chi connectivity index (χ0v) is 6.33. The minimum atomic E-state index is -0.900. The highest BCUT2D eigenvalue weighted by Gasteiger charge is 2.14. The van der Waals surface area contributed by atoms with E-state index < -0.39 is 17.4 Å². The van der Waals surface area contributed by atoms with Gasteiger partial charge in [-0.1, -0.05) is 0 Å². The van der Waals surface area contributed by atoms with Gasteiger partial charge in [0.15, 0.2) is 0 Å². The van der Waals surface area contributed by atoms with Gasteiger partial charge in [0.2, 0.25) is 5.70 Å². The van der Waals surface area contributed by atoms with Crippen LogP contribution in [0.1, 0.15) is 13.8 Å². The van der Waals surface area contributed by atoms with Crippen molar-refractivity contribution >= 4 is 5.97 Å². The predicted octanol–water partition coefficient (Wildman–Crippen LogP) is 1.11. The molecular weight excluding hydrogens is 150 g/mol. The van der Waals surface area contributed by atoms with Crippen molar-refractivity contribution in [1.82, 2.24) is 0 Å². The molecule has 0 aliphatic heterocycles. The molecule has 0 fully saturated rings. The number of ether oxygens (including phenoxy) is 1. The first kappa shape index (κ1) is 9.61. The Kier molecular flexibility index (Phi) is 3.87. The van der Waals surface area contributed by atoms with Gasteiger partial charge < -0.3 is 9.84 Å². The number of aliphatic hydroxyl groups is 1. The van der Waals surface area contributed by atoms with E-state index in [0.717, 1.165) is 0 Å². The van der Waals surface area contributed by atoms with Crippen molar-refractivity contribution in [3.63, 3.8) is 0 Å². The molecule has 0 spiro atoms. The van der Waals surface area contributed by atoms with Crippen molar-refractivity contribution < 1.29 is 14.6 Å². The lowest BCUT2D eigenvalue weighted by atomic mass is 10.4. The van der Waals surface area contributed by atoms with E-state index in [1.165, 1.54) is 6.92 Å². The van der Waals surface area contributed by atoms with Crippen molar-refractivity contribution in [2.45, 2.75) is 13.8 Å². The summed E-state index contributed by atoms with van der Waals surface area (Å²) in [6, 6.07) is 0. The van der Waals surface area contributed by atoms with E-state index in [9.17, 15) is 9.70 Å². The van der Waals surface area contributed by atoms with Crippen LogP contribution in [0.4, 0.5) is 0 Å². The molecule has 0 atom stereocenters. The summed E-state index contributed by atoms with van der Waals surface area (Å²) in [4.78, 5) is 20.6. The first-order valence-corrected chi connectivity index (χ1v) is 3.03. The molecule has 0 saturated carbocycles. The number of allylic oxidation sites excluding steroid dienone is 1. The lowest BCUT2D eigenvalue weighted by molar-refractivity contribution is -0.138. The molecule has 1 N–H and O–H groups in total. The lowest BCUT2D eigenvalue weighted by Gasteiger charge is -1.98. The maximum Gasteiger partial charge on any atom is 0.364 e. The van der Waals surface area contributed by atoms with Crippen LogP contribution in [-0.4, -0.2) is 17.7 Å². The van der Waals surface area contributed by atoms with E-state index in [1.54, 1.807) is 6.92 Å². The van der Waals surface area contributed by atoms with Gasteiger partial charge in [-0.3, -0.25) is 0 Å². The number of nitroso groups, excluding NO2 is 1. The largest absolute Gasteiger partial charge is 0.510 e. The van der Waals surface area contributed by atoms with E-state index in [4.69, 9.17) is 5.11 Å². The van der Waals surface area contributed by atoms with Gasteiger partial charge in [0.1, 0.15) is 5.76 Å². The number of aliphatic hydroxyl groups excluding tert-OH is 1. The maximum absolute atomic E-state index is 10.7. The van der Waals surface area contributed by atoms with E-state index in [1.807, 2.05) is 0 Å². The normalized spacial score (nSPS) is 11.8. The number of carbonyl (C=O) groups is 1. The average Bonchev–Trinajstić information content (AvgIpc) is 1.88. The third-order valence-corrected chi connectivity index (χ3v) is 0.903. The Hall–Kier alpha value is -1.39.